The lowest BCUT2D eigenvalue weighted by atomic mass is 10.1. The molecule has 0 bridgehead atoms. The van der Waals surface area contributed by atoms with Crippen LogP contribution in [0.5, 0.6) is 0 Å². The van der Waals surface area contributed by atoms with Crippen LogP contribution in [0.15, 0.2) is 18.2 Å². The van der Waals surface area contributed by atoms with Gasteiger partial charge in [0.25, 0.3) is 5.91 Å². The maximum atomic E-state index is 13.8. The monoisotopic (exact) mass is 325 g/mol. The minimum atomic E-state index is -1.24. The van der Waals surface area contributed by atoms with Crippen LogP contribution < -0.4 is 15.5 Å². The van der Waals surface area contributed by atoms with Gasteiger partial charge in [0.05, 0.1) is 12.1 Å². The van der Waals surface area contributed by atoms with Crippen LogP contribution in [-0.4, -0.2) is 55.9 Å². The van der Waals surface area contributed by atoms with Crippen molar-refractivity contribution in [2.45, 2.75) is 6.10 Å². The van der Waals surface area contributed by atoms with Crippen molar-refractivity contribution in [3.8, 4) is 0 Å². The van der Waals surface area contributed by atoms with Crippen LogP contribution >= 0.6 is 0 Å². The number of carboxylic acid groups (broad SMARTS) is 1. The van der Waals surface area contributed by atoms with Crippen molar-refractivity contribution in [3.05, 3.63) is 29.6 Å². The topological polar surface area (TPSA) is 108 Å². The summed E-state index contributed by atoms with van der Waals surface area (Å²) in [4.78, 5) is 35.8. The van der Waals surface area contributed by atoms with Gasteiger partial charge in [-0.05, 0) is 18.2 Å². The summed E-state index contributed by atoms with van der Waals surface area (Å²) < 4.78 is 18.5. The Balaban J connectivity index is 2.13. The number of carbonyl (C=O) groups is 3. The highest BCUT2D eigenvalue weighted by Crippen LogP contribution is 2.20. The van der Waals surface area contributed by atoms with Gasteiger partial charge in [-0.15, -0.1) is 0 Å². The lowest BCUT2D eigenvalue weighted by Crippen LogP contribution is -2.38. The molecule has 0 aromatic heterocycles. The summed E-state index contributed by atoms with van der Waals surface area (Å²) >= 11 is 0. The highest BCUT2D eigenvalue weighted by Gasteiger charge is 2.24. The second-order valence-electron chi connectivity index (χ2n) is 4.82. The normalized spacial score (nSPS) is 15.2. The van der Waals surface area contributed by atoms with Gasteiger partial charge < -0.3 is 20.5 Å². The molecule has 1 heterocycles. The second kappa shape index (κ2) is 7.05. The van der Waals surface area contributed by atoms with E-state index in [2.05, 4.69) is 15.4 Å². The number of halogens is 1. The fourth-order valence-electron chi connectivity index (χ4n) is 2.13. The molecular formula is C14H16FN3O5. The number of rotatable bonds is 6. The molecule has 3 N–H and O–H groups in total. The molecule has 0 spiro atoms. The molecule has 9 heteroatoms. The summed E-state index contributed by atoms with van der Waals surface area (Å²) in [6.45, 7) is 0.570. The maximum Gasteiger partial charge on any atom is 0.334 e. The number of anilines is 1. The number of nitrogens with one attached hydrogen (secondary N) is 2. The molecule has 0 radical (unpaired) electrons. The zero-order valence-electron chi connectivity index (χ0n) is 12.3. The van der Waals surface area contributed by atoms with Crippen molar-refractivity contribution in [1.82, 2.24) is 10.6 Å². The molecule has 0 saturated carbocycles. The van der Waals surface area contributed by atoms with Crippen molar-refractivity contribution in [2.24, 2.45) is 0 Å². The van der Waals surface area contributed by atoms with Crippen LogP contribution in [0.2, 0.25) is 0 Å². The fourth-order valence-corrected chi connectivity index (χ4v) is 2.13. The highest BCUT2D eigenvalue weighted by atomic mass is 19.1. The molecule has 1 aliphatic heterocycles. The number of carboxylic acids is 1. The van der Waals surface area contributed by atoms with Gasteiger partial charge in [0.15, 0.2) is 6.10 Å². The predicted octanol–water partition coefficient (Wildman–Crippen LogP) is 0.185. The summed E-state index contributed by atoms with van der Waals surface area (Å²) in [5, 5.41) is 13.7. The number of nitrogens with zero attached hydrogens (tertiary/aromatic N) is 1. The Hall–Kier alpha value is -2.68. The van der Waals surface area contributed by atoms with Gasteiger partial charge in [-0.3, -0.25) is 9.69 Å². The molecule has 1 fully saturated rings. The number of benzene rings is 1. The van der Waals surface area contributed by atoms with Crippen LogP contribution in [0.3, 0.4) is 0 Å². The van der Waals surface area contributed by atoms with Gasteiger partial charge in [0.1, 0.15) is 5.82 Å². The van der Waals surface area contributed by atoms with Crippen molar-refractivity contribution in [3.63, 3.8) is 0 Å². The molecule has 1 aliphatic rings. The van der Waals surface area contributed by atoms with E-state index in [1.165, 1.54) is 24.1 Å². The molecule has 1 atom stereocenters. The van der Waals surface area contributed by atoms with Crippen LogP contribution in [0.1, 0.15) is 10.4 Å². The molecule has 1 aromatic carbocycles. The first kappa shape index (κ1) is 16.7. The van der Waals surface area contributed by atoms with E-state index in [1.807, 2.05) is 0 Å². The molecule has 2 rings (SSSR count). The van der Waals surface area contributed by atoms with Crippen molar-refractivity contribution >= 4 is 23.6 Å². The summed E-state index contributed by atoms with van der Waals surface area (Å²) in [7, 11) is 1.19. The SMILES string of the molecule is COC(CNC(=O)c1cc(N2CCNC2=O)ccc1F)C(=O)O. The van der Waals surface area contributed by atoms with Crippen molar-refractivity contribution in [2.75, 3.05) is 31.6 Å². The third kappa shape index (κ3) is 3.75. The highest BCUT2D eigenvalue weighted by molar-refractivity contribution is 5.98. The third-order valence-corrected chi connectivity index (χ3v) is 3.37. The largest absolute Gasteiger partial charge is 0.479 e. The third-order valence-electron chi connectivity index (χ3n) is 3.37. The van der Waals surface area contributed by atoms with Gasteiger partial charge in [-0.2, -0.15) is 0 Å². The number of carbonyl (C=O) groups excluding carboxylic acids is 2. The van der Waals surface area contributed by atoms with Crippen LogP contribution in [-0.2, 0) is 9.53 Å². The number of methoxy groups -OCH3 is 1. The first-order valence-corrected chi connectivity index (χ1v) is 6.82. The number of urea groups is 1. The van der Waals surface area contributed by atoms with E-state index in [4.69, 9.17) is 5.11 Å². The van der Waals surface area contributed by atoms with Crippen molar-refractivity contribution in [1.29, 1.82) is 0 Å². The minimum Gasteiger partial charge on any atom is -0.479 e. The standard InChI is InChI=1S/C14H16FN3O5/c1-23-11(13(20)21)7-17-12(19)9-6-8(2-3-10(9)15)18-5-4-16-14(18)22/h2-3,6,11H,4-5,7H2,1H3,(H,16,22)(H,17,19)(H,20,21). The average molecular weight is 325 g/mol. The second-order valence-corrected chi connectivity index (χ2v) is 4.82. The van der Waals surface area contributed by atoms with E-state index in [0.717, 1.165) is 6.07 Å². The number of hydrogen-bond donors (Lipinski definition) is 3. The summed E-state index contributed by atoms with van der Waals surface area (Å²) in [5.41, 5.74) is 0.107. The van der Waals surface area contributed by atoms with Gasteiger partial charge in [0, 0.05) is 25.9 Å². The number of hydrogen-bond acceptors (Lipinski definition) is 4. The lowest BCUT2D eigenvalue weighted by molar-refractivity contribution is -0.148. The predicted molar refractivity (Wildman–Crippen MR) is 77.9 cm³/mol. The van der Waals surface area contributed by atoms with Crippen molar-refractivity contribution < 1.29 is 28.6 Å². The van der Waals surface area contributed by atoms with Gasteiger partial charge >= 0.3 is 12.0 Å². The van der Waals surface area contributed by atoms with Gasteiger partial charge in [0.2, 0.25) is 0 Å². The Morgan fingerprint density at radius 3 is 2.83 bits per heavy atom. The molecule has 1 unspecified atom stereocenters. The number of aliphatic carboxylic acids is 1. The van der Waals surface area contributed by atoms with Crippen LogP contribution in [0.25, 0.3) is 0 Å². The minimum absolute atomic E-state index is 0.276. The van der Waals surface area contributed by atoms with E-state index >= 15 is 0 Å². The Morgan fingerprint density at radius 2 is 2.26 bits per heavy atom. The summed E-state index contributed by atoms with van der Waals surface area (Å²) in [5.74, 6) is -2.79. The fraction of sp³-hybridized carbons (Fsp3) is 0.357. The first-order chi connectivity index (χ1) is 10.9. The van der Waals surface area contributed by atoms with E-state index in [-0.39, 0.29) is 18.1 Å². The summed E-state index contributed by atoms with van der Waals surface area (Å²) in [6, 6.07) is 3.40. The Bertz CT molecular complexity index is 637. The molecule has 1 saturated heterocycles. The van der Waals surface area contributed by atoms with Crippen LogP contribution in [0, 0.1) is 5.82 Å². The van der Waals surface area contributed by atoms with E-state index in [9.17, 15) is 18.8 Å². The maximum absolute atomic E-state index is 13.8. The van der Waals surface area contributed by atoms with E-state index < -0.39 is 23.8 Å². The molecule has 124 valence electrons. The molecule has 1 aromatic rings. The Labute approximate surface area is 131 Å². The molecular weight excluding hydrogens is 309 g/mol. The molecule has 8 nitrogen and oxygen atoms in total. The molecule has 3 amide bonds. The molecule has 0 aliphatic carbocycles. The first-order valence-electron chi connectivity index (χ1n) is 6.82. The lowest BCUT2D eigenvalue weighted by Gasteiger charge is -2.16. The van der Waals surface area contributed by atoms with Crippen LogP contribution in [0.4, 0.5) is 14.9 Å². The Morgan fingerprint density at radius 1 is 1.52 bits per heavy atom. The zero-order valence-corrected chi connectivity index (χ0v) is 12.3. The van der Waals surface area contributed by atoms with E-state index in [0.29, 0.717) is 18.8 Å². The Kier molecular flexibility index (Phi) is 5.12. The quantitative estimate of drug-likeness (QED) is 0.692. The smallest absolute Gasteiger partial charge is 0.334 e. The number of amides is 3. The zero-order chi connectivity index (χ0) is 17.0. The van der Waals surface area contributed by atoms with Gasteiger partial charge in [-0.1, -0.05) is 0 Å². The number of ether oxygens (including phenoxy) is 1. The summed E-state index contributed by atoms with van der Waals surface area (Å²) in [6.07, 6.45) is -1.23. The average Bonchev–Trinajstić information content (AvgIpc) is 2.94. The van der Waals surface area contributed by atoms with E-state index in [1.54, 1.807) is 0 Å². The van der Waals surface area contributed by atoms with Gasteiger partial charge in [-0.25, -0.2) is 14.0 Å². The molecule has 23 heavy (non-hydrogen) atoms.